The standard InChI is InChI=1S/C28H29NO3/c1-16-12-17(2)14-19(13-16)28(30)26-20(25-22(31-6)8-7-9-23(25)32-28)10-11-21-24(26)18(3)15-27(4,5)29-21/h7-15,29-30H,1-6H3. The van der Waals surface area contributed by atoms with Gasteiger partial charge in [-0.1, -0.05) is 35.4 Å². The summed E-state index contributed by atoms with van der Waals surface area (Å²) < 4.78 is 12.2. The minimum absolute atomic E-state index is 0.186. The summed E-state index contributed by atoms with van der Waals surface area (Å²) in [4.78, 5) is 0. The maximum Gasteiger partial charge on any atom is 0.263 e. The van der Waals surface area contributed by atoms with Gasteiger partial charge < -0.3 is 19.9 Å². The Morgan fingerprint density at radius 1 is 0.938 bits per heavy atom. The van der Waals surface area contributed by atoms with Crippen LogP contribution in [0.25, 0.3) is 16.7 Å². The number of anilines is 1. The lowest BCUT2D eigenvalue weighted by Gasteiger charge is -2.41. The molecule has 2 heterocycles. The van der Waals surface area contributed by atoms with Crippen molar-refractivity contribution in [3.63, 3.8) is 0 Å². The number of methoxy groups -OCH3 is 1. The van der Waals surface area contributed by atoms with Gasteiger partial charge in [-0.05, 0) is 70.5 Å². The molecule has 0 fully saturated rings. The van der Waals surface area contributed by atoms with E-state index in [1.165, 1.54) is 0 Å². The van der Waals surface area contributed by atoms with Crippen LogP contribution in [-0.4, -0.2) is 17.8 Å². The van der Waals surface area contributed by atoms with Crippen molar-refractivity contribution < 1.29 is 14.6 Å². The van der Waals surface area contributed by atoms with Crippen LogP contribution >= 0.6 is 0 Å². The first-order valence-corrected chi connectivity index (χ1v) is 11.0. The van der Waals surface area contributed by atoms with Crippen LogP contribution in [0.15, 0.2) is 54.6 Å². The Bertz CT molecular complexity index is 1270. The van der Waals surface area contributed by atoms with Crippen molar-refractivity contribution in [3.8, 4) is 22.6 Å². The fraction of sp³-hybridized carbons (Fsp3) is 0.286. The lowest BCUT2D eigenvalue weighted by molar-refractivity contribution is -0.110. The summed E-state index contributed by atoms with van der Waals surface area (Å²) in [5, 5.41) is 15.9. The number of allylic oxidation sites excluding steroid dienone is 1. The van der Waals surface area contributed by atoms with E-state index in [0.29, 0.717) is 5.75 Å². The molecule has 0 saturated heterocycles. The summed E-state index contributed by atoms with van der Waals surface area (Å²) in [7, 11) is 1.66. The van der Waals surface area contributed by atoms with Crippen molar-refractivity contribution in [1.29, 1.82) is 0 Å². The minimum Gasteiger partial charge on any atom is -0.496 e. The number of hydrogen-bond acceptors (Lipinski definition) is 4. The van der Waals surface area contributed by atoms with Crippen molar-refractivity contribution in [3.05, 3.63) is 82.4 Å². The van der Waals surface area contributed by atoms with Crippen molar-refractivity contribution in [2.45, 2.75) is 45.9 Å². The van der Waals surface area contributed by atoms with Crippen molar-refractivity contribution in [1.82, 2.24) is 0 Å². The number of aliphatic hydroxyl groups is 1. The molecule has 5 rings (SSSR count). The molecule has 164 valence electrons. The molecule has 0 spiro atoms. The topological polar surface area (TPSA) is 50.7 Å². The lowest BCUT2D eigenvalue weighted by Crippen LogP contribution is -2.40. The second-order valence-corrected chi connectivity index (χ2v) is 9.54. The minimum atomic E-state index is -1.64. The highest BCUT2D eigenvalue weighted by Crippen LogP contribution is 2.54. The first-order valence-electron chi connectivity index (χ1n) is 11.0. The summed E-state index contributed by atoms with van der Waals surface area (Å²) in [5.74, 6) is -0.323. The number of hydrogen-bond donors (Lipinski definition) is 2. The Labute approximate surface area is 189 Å². The molecule has 4 heteroatoms. The number of ether oxygens (including phenoxy) is 2. The number of rotatable bonds is 2. The third-order valence-electron chi connectivity index (χ3n) is 6.32. The average Bonchev–Trinajstić information content (AvgIpc) is 2.71. The van der Waals surface area contributed by atoms with Gasteiger partial charge in [-0.3, -0.25) is 0 Å². The molecular weight excluding hydrogens is 398 g/mol. The van der Waals surface area contributed by atoms with Gasteiger partial charge in [0.25, 0.3) is 5.79 Å². The molecule has 0 amide bonds. The zero-order valence-electron chi connectivity index (χ0n) is 19.5. The normalized spacial score (nSPS) is 20.2. The Morgan fingerprint density at radius 3 is 2.34 bits per heavy atom. The Balaban J connectivity index is 1.90. The predicted octanol–water partition coefficient (Wildman–Crippen LogP) is 6.17. The van der Waals surface area contributed by atoms with Gasteiger partial charge in [0.1, 0.15) is 11.5 Å². The zero-order chi connectivity index (χ0) is 22.8. The number of nitrogens with one attached hydrogen (secondary N) is 1. The third kappa shape index (κ3) is 3.01. The largest absolute Gasteiger partial charge is 0.496 e. The average molecular weight is 428 g/mol. The lowest BCUT2D eigenvalue weighted by atomic mass is 9.78. The molecule has 0 aromatic heterocycles. The van der Waals surface area contributed by atoms with Crippen LogP contribution in [0.5, 0.6) is 11.5 Å². The van der Waals surface area contributed by atoms with E-state index < -0.39 is 5.79 Å². The first-order chi connectivity index (χ1) is 15.1. The van der Waals surface area contributed by atoms with Crippen LogP contribution in [0.4, 0.5) is 5.69 Å². The Hall–Kier alpha value is -3.24. The maximum absolute atomic E-state index is 12.3. The van der Waals surface area contributed by atoms with E-state index in [2.05, 4.69) is 50.4 Å². The quantitative estimate of drug-likeness (QED) is 0.513. The molecule has 1 atom stereocenters. The zero-order valence-corrected chi connectivity index (χ0v) is 19.5. The fourth-order valence-corrected chi connectivity index (χ4v) is 5.29. The van der Waals surface area contributed by atoms with Crippen LogP contribution < -0.4 is 14.8 Å². The predicted molar refractivity (Wildman–Crippen MR) is 129 cm³/mol. The van der Waals surface area contributed by atoms with E-state index >= 15 is 0 Å². The molecule has 2 aliphatic rings. The molecule has 1 unspecified atom stereocenters. The van der Waals surface area contributed by atoms with Crippen LogP contribution in [-0.2, 0) is 5.79 Å². The van der Waals surface area contributed by atoms with Gasteiger partial charge in [0.2, 0.25) is 0 Å². The van der Waals surface area contributed by atoms with Gasteiger partial charge in [-0.25, -0.2) is 0 Å². The summed E-state index contributed by atoms with van der Waals surface area (Å²) in [6.45, 7) is 10.5. The van der Waals surface area contributed by atoms with Gasteiger partial charge >= 0.3 is 0 Å². The number of aryl methyl sites for hydroxylation is 2. The van der Waals surface area contributed by atoms with E-state index in [1.54, 1.807) is 7.11 Å². The second-order valence-electron chi connectivity index (χ2n) is 9.54. The summed E-state index contributed by atoms with van der Waals surface area (Å²) in [6, 6.07) is 16.0. The molecular formula is C28H29NO3. The molecule has 2 N–H and O–H groups in total. The van der Waals surface area contributed by atoms with E-state index in [9.17, 15) is 5.11 Å². The van der Waals surface area contributed by atoms with Crippen LogP contribution in [0, 0.1) is 13.8 Å². The van der Waals surface area contributed by atoms with Crippen molar-refractivity contribution >= 4 is 11.3 Å². The smallest absolute Gasteiger partial charge is 0.263 e. The molecule has 0 aliphatic carbocycles. The number of benzene rings is 3. The van der Waals surface area contributed by atoms with Crippen molar-refractivity contribution in [2.24, 2.45) is 0 Å². The molecule has 4 nitrogen and oxygen atoms in total. The molecule has 2 aliphatic heterocycles. The van der Waals surface area contributed by atoms with Crippen LogP contribution in [0.3, 0.4) is 0 Å². The van der Waals surface area contributed by atoms with Crippen LogP contribution in [0.1, 0.15) is 48.6 Å². The first kappa shape index (κ1) is 20.7. The SMILES string of the molecule is COc1cccc2c1-c1ccc3c(c1C(O)(c1cc(C)cc(C)c1)O2)C(C)=CC(C)(C)N3. The van der Waals surface area contributed by atoms with Crippen molar-refractivity contribution in [2.75, 3.05) is 12.4 Å². The molecule has 32 heavy (non-hydrogen) atoms. The highest BCUT2D eigenvalue weighted by atomic mass is 16.6. The second kappa shape index (κ2) is 6.88. The van der Waals surface area contributed by atoms with Gasteiger partial charge in [-0.15, -0.1) is 0 Å². The van der Waals surface area contributed by atoms with Gasteiger partial charge in [0, 0.05) is 27.9 Å². The fourth-order valence-electron chi connectivity index (χ4n) is 5.29. The van der Waals surface area contributed by atoms with Gasteiger partial charge in [0.15, 0.2) is 0 Å². The monoisotopic (exact) mass is 427 g/mol. The molecule has 3 aromatic carbocycles. The van der Waals surface area contributed by atoms with E-state index in [4.69, 9.17) is 9.47 Å². The molecule has 0 bridgehead atoms. The van der Waals surface area contributed by atoms with Crippen LogP contribution in [0.2, 0.25) is 0 Å². The third-order valence-corrected chi connectivity index (χ3v) is 6.32. The summed E-state index contributed by atoms with van der Waals surface area (Å²) in [5.41, 5.74) is 8.26. The highest BCUT2D eigenvalue weighted by molar-refractivity contribution is 5.92. The Morgan fingerprint density at radius 2 is 1.66 bits per heavy atom. The van der Waals surface area contributed by atoms with E-state index in [-0.39, 0.29) is 5.54 Å². The van der Waals surface area contributed by atoms with Gasteiger partial charge in [-0.2, -0.15) is 0 Å². The highest BCUT2D eigenvalue weighted by Gasteiger charge is 2.45. The maximum atomic E-state index is 12.3. The number of fused-ring (bicyclic) bond motifs is 5. The molecule has 3 aromatic rings. The Kier molecular flexibility index (Phi) is 4.44. The van der Waals surface area contributed by atoms with Gasteiger partial charge in [0.05, 0.1) is 18.2 Å². The molecule has 0 radical (unpaired) electrons. The van der Waals surface area contributed by atoms with E-state index in [0.717, 1.165) is 56.0 Å². The summed E-state index contributed by atoms with van der Waals surface area (Å²) >= 11 is 0. The molecule has 0 saturated carbocycles. The summed E-state index contributed by atoms with van der Waals surface area (Å²) in [6.07, 6.45) is 2.20. The van der Waals surface area contributed by atoms with E-state index in [1.807, 2.05) is 44.2 Å².